The van der Waals surface area contributed by atoms with Gasteiger partial charge in [-0.1, -0.05) is 18.2 Å². The van der Waals surface area contributed by atoms with Gasteiger partial charge < -0.3 is 19.8 Å². The summed E-state index contributed by atoms with van der Waals surface area (Å²) in [7, 11) is -4.00. The van der Waals surface area contributed by atoms with Crippen molar-refractivity contribution in [1.82, 2.24) is 19.9 Å². The van der Waals surface area contributed by atoms with Crippen LogP contribution in [-0.4, -0.2) is 65.1 Å². The standard InChI is InChI=1S/C32H27F5N4O5S/c1-47(44,45)31-18-9-11-38-24(18)14-22(34)30(31)46-17-6-7-21(33)20(13-17)32-39-23-10-12-41(15-25(35)36)29(28(23)40-32)19-4-2-3-16(27(19)37)5-8-26(42)43/h2-4,6-7,9,11,13-14,25,29,38H,5,8,10,12,15H2,1H3,(H,39,40)(H,42,43). The first-order valence-electron chi connectivity index (χ1n) is 14.4. The van der Waals surface area contributed by atoms with Crippen molar-refractivity contribution in [3.8, 4) is 22.9 Å². The molecule has 0 saturated carbocycles. The minimum absolute atomic E-state index is 0.00835. The number of rotatable bonds is 10. The smallest absolute Gasteiger partial charge is 0.303 e. The van der Waals surface area contributed by atoms with Crippen molar-refractivity contribution in [2.24, 2.45) is 0 Å². The maximum Gasteiger partial charge on any atom is 0.303 e. The molecular weight excluding hydrogens is 647 g/mol. The zero-order valence-electron chi connectivity index (χ0n) is 24.7. The van der Waals surface area contributed by atoms with Crippen LogP contribution in [-0.2, 0) is 27.5 Å². The Labute approximate surface area is 264 Å². The van der Waals surface area contributed by atoms with Crippen LogP contribution < -0.4 is 4.74 Å². The van der Waals surface area contributed by atoms with Gasteiger partial charge in [0.25, 0.3) is 6.43 Å². The van der Waals surface area contributed by atoms with Crippen LogP contribution in [0.25, 0.3) is 22.3 Å². The summed E-state index contributed by atoms with van der Waals surface area (Å²) in [4.78, 5) is 22.3. The molecule has 3 heterocycles. The first-order valence-corrected chi connectivity index (χ1v) is 16.3. The molecule has 0 fully saturated rings. The number of aromatic amines is 2. The molecule has 47 heavy (non-hydrogen) atoms. The molecule has 5 aromatic rings. The summed E-state index contributed by atoms with van der Waals surface area (Å²) in [5.74, 6) is -4.39. The molecule has 15 heteroatoms. The predicted octanol–water partition coefficient (Wildman–Crippen LogP) is 6.40. The van der Waals surface area contributed by atoms with E-state index in [0.717, 1.165) is 18.4 Å². The van der Waals surface area contributed by atoms with E-state index in [9.17, 15) is 22.0 Å². The van der Waals surface area contributed by atoms with Gasteiger partial charge in [-0.15, -0.1) is 0 Å². The van der Waals surface area contributed by atoms with Gasteiger partial charge in [-0.3, -0.25) is 9.69 Å². The molecule has 3 aromatic carbocycles. The number of imidazole rings is 1. The molecule has 9 nitrogen and oxygen atoms in total. The fraction of sp³-hybridized carbons (Fsp3) is 0.250. The van der Waals surface area contributed by atoms with Gasteiger partial charge >= 0.3 is 5.97 Å². The first-order chi connectivity index (χ1) is 22.3. The summed E-state index contributed by atoms with van der Waals surface area (Å²) >= 11 is 0. The van der Waals surface area contributed by atoms with Gasteiger partial charge in [0.1, 0.15) is 28.1 Å². The third-order valence-electron chi connectivity index (χ3n) is 7.97. The Balaban J connectivity index is 1.41. The molecule has 0 amide bonds. The van der Waals surface area contributed by atoms with E-state index in [1.807, 2.05) is 0 Å². The molecule has 0 aliphatic carbocycles. The highest BCUT2D eigenvalue weighted by molar-refractivity contribution is 7.91. The van der Waals surface area contributed by atoms with Crippen LogP contribution in [0.5, 0.6) is 11.5 Å². The Bertz CT molecular complexity index is 2110. The molecule has 1 unspecified atom stereocenters. The number of H-pyrrole nitrogens is 2. The highest BCUT2D eigenvalue weighted by atomic mass is 32.2. The number of aryl methyl sites for hydroxylation is 1. The molecule has 0 spiro atoms. The minimum Gasteiger partial charge on any atom is -0.481 e. The lowest BCUT2D eigenvalue weighted by Crippen LogP contribution is -2.39. The zero-order valence-corrected chi connectivity index (χ0v) is 25.5. The highest BCUT2D eigenvalue weighted by Crippen LogP contribution is 2.41. The molecule has 2 aromatic heterocycles. The maximum absolute atomic E-state index is 15.8. The molecule has 0 radical (unpaired) electrons. The zero-order chi connectivity index (χ0) is 33.6. The van der Waals surface area contributed by atoms with Crippen molar-refractivity contribution < 1.29 is 45.0 Å². The number of hydrogen-bond acceptors (Lipinski definition) is 6. The van der Waals surface area contributed by atoms with E-state index in [2.05, 4.69) is 15.0 Å². The van der Waals surface area contributed by atoms with E-state index in [1.54, 1.807) is 0 Å². The summed E-state index contributed by atoms with van der Waals surface area (Å²) in [6, 6.07) is 9.15. The Kier molecular flexibility index (Phi) is 8.53. The monoisotopic (exact) mass is 674 g/mol. The molecule has 1 atom stereocenters. The van der Waals surface area contributed by atoms with Crippen LogP contribution in [0, 0.1) is 17.5 Å². The minimum atomic E-state index is -4.00. The van der Waals surface area contributed by atoms with Gasteiger partial charge in [-0.05, 0) is 36.2 Å². The number of aliphatic carboxylic acids is 1. The van der Waals surface area contributed by atoms with Gasteiger partial charge in [0.05, 0.1) is 23.8 Å². The summed E-state index contributed by atoms with van der Waals surface area (Å²) in [6.45, 7) is -0.619. The number of alkyl halides is 2. The van der Waals surface area contributed by atoms with E-state index < -0.39 is 62.9 Å². The van der Waals surface area contributed by atoms with Crippen molar-refractivity contribution in [2.45, 2.75) is 36.6 Å². The van der Waals surface area contributed by atoms with Crippen molar-refractivity contribution in [1.29, 1.82) is 0 Å². The van der Waals surface area contributed by atoms with Crippen molar-refractivity contribution in [2.75, 3.05) is 19.3 Å². The second-order valence-electron chi connectivity index (χ2n) is 11.2. The maximum atomic E-state index is 15.8. The largest absolute Gasteiger partial charge is 0.481 e. The van der Waals surface area contributed by atoms with Crippen LogP contribution in [0.1, 0.15) is 35.0 Å². The number of nitrogens with zero attached hydrogens (tertiary/aromatic N) is 2. The number of hydrogen-bond donors (Lipinski definition) is 3. The Morgan fingerprint density at radius 3 is 2.64 bits per heavy atom. The Hall–Kier alpha value is -4.76. The quantitative estimate of drug-likeness (QED) is 0.146. The SMILES string of the molecule is CS(=O)(=O)c1c(Oc2ccc(F)c(-c3nc4c([nH]3)CCN(CC(F)F)C4c3cccc(CCC(=O)O)c3F)c2)c(F)cc2[nH]ccc12. The van der Waals surface area contributed by atoms with Crippen LogP contribution in [0.15, 0.2) is 59.6 Å². The summed E-state index contributed by atoms with van der Waals surface area (Å²) in [6.07, 6.45) is -0.663. The van der Waals surface area contributed by atoms with Crippen LogP contribution in [0.3, 0.4) is 0 Å². The average molecular weight is 675 g/mol. The lowest BCUT2D eigenvalue weighted by Gasteiger charge is -2.35. The molecule has 1 aliphatic heterocycles. The second-order valence-corrected chi connectivity index (χ2v) is 13.1. The van der Waals surface area contributed by atoms with Gasteiger partial charge in [0.15, 0.2) is 21.4 Å². The number of carboxylic acids is 1. The molecular formula is C32H27F5N4O5S. The number of halogens is 5. The van der Waals surface area contributed by atoms with Gasteiger partial charge in [-0.2, -0.15) is 0 Å². The number of carbonyl (C=O) groups is 1. The molecule has 3 N–H and O–H groups in total. The normalized spacial score (nSPS) is 15.3. The number of ether oxygens (including phenoxy) is 1. The summed E-state index contributed by atoms with van der Waals surface area (Å²) in [5.41, 5.74) is 0.801. The topological polar surface area (TPSA) is 128 Å². The molecule has 0 bridgehead atoms. The van der Waals surface area contributed by atoms with Crippen molar-refractivity contribution in [3.05, 3.63) is 94.7 Å². The summed E-state index contributed by atoms with van der Waals surface area (Å²) < 4.78 is 105. The van der Waals surface area contributed by atoms with Gasteiger partial charge in [0, 0.05) is 60.1 Å². The summed E-state index contributed by atoms with van der Waals surface area (Å²) in [5, 5.41) is 9.27. The third-order valence-corrected chi connectivity index (χ3v) is 9.12. The predicted molar refractivity (Wildman–Crippen MR) is 161 cm³/mol. The highest BCUT2D eigenvalue weighted by Gasteiger charge is 2.36. The number of fused-ring (bicyclic) bond motifs is 2. The molecule has 1 aliphatic rings. The fourth-order valence-electron chi connectivity index (χ4n) is 5.94. The first kappa shape index (κ1) is 32.2. The second kappa shape index (κ2) is 12.4. The van der Waals surface area contributed by atoms with E-state index in [1.165, 1.54) is 47.5 Å². The van der Waals surface area contributed by atoms with Crippen LogP contribution >= 0.6 is 0 Å². The number of carboxylic acid groups (broad SMARTS) is 1. The van der Waals surface area contributed by atoms with Crippen LogP contribution in [0.4, 0.5) is 22.0 Å². The van der Waals surface area contributed by atoms with Crippen molar-refractivity contribution in [3.63, 3.8) is 0 Å². The van der Waals surface area contributed by atoms with E-state index in [0.29, 0.717) is 5.69 Å². The number of sulfone groups is 1. The van der Waals surface area contributed by atoms with Crippen molar-refractivity contribution >= 4 is 26.7 Å². The fourth-order valence-corrected chi connectivity index (χ4v) is 6.99. The Morgan fingerprint density at radius 1 is 1.13 bits per heavy atom. The van der Waals surface area contributed by atoms with Gasteiger partial charge in [0.2, 0.25) is 0 Å². The number of aromatic nitrogens is 3. The van der Waals surface area contributed by atoms with Gasteiger partial charge in [-0.25, -0.2) is 35.4 Å². The Morgan fingerprint density at radius 2 is 1.91 bits per heavy atom. The van der Waals surface area contributed by atoms with E-state index >= 15 is 13.2 Å². The molecule has 246 valence electrons. The lowest BCUT2D eigenvalue weighted by molar-refractivity contribution is -0.136. The molecule has 0 saturated heterocycles. The molecule has 6 rings (SSSR count). The third kappa shape index (κ3) is 6.32. The average Bonchev–Trinajstić information content (AvgIpc) is 3.64. The number of nitrogens with one attached hydrogen (secondary N) is 2. The van der Waals surface area contributed by atoms with E-state index in [-0.39, 0.29) is 70.7 Å². The lowest BCUT2D eigenvalue weighted by atomic mass is 9.93. The van der Waals surface area contributed by atoms with Crippen LogP contribution in [0.2, 0.25) is 0 Å². The number of benzene rings is 3. The van der Waals surface area contributed by atoms with E-state index in [4.69, 9.17) is 9.84 Å².